The molecule has 0 saturated heterocycles. The van der Waals surface area contributed by atoms with Crippen LogP contribution in [0.25, 0.3) is 0 Å². The second-order valence-electron chi connectivity index (χ2n) is 3.84. The number of esters is 1. The van der Waals surface area contributed by atoms with E-state index in [4.69, 9.17) is 4.74 Å². The summed E-state index contributed by atoms with van der Waals surface area (Å²) in [4.78, 5) is 15.5. The van der Waals surface area contributed by atoms with E-state index in [0.717, 1.165) is 6.07 Å². The van der Waals surface area contributed by atoms with Gasteiger partial charge in [-0.15, -0.1) is 11.3 Å². The lowest BCUT2D eigenvalue weighted by atomic mass is 10.2. The Hall–Kier alpha value is -2.02. The molecule has 1 aromatic heterocycles. The van der Waals surface area contributed by atoms with Gasteiger partial charge in [-0.25, -0.2) is 18.6 Å². The Kier molecular flexibility index (Phi) is 4.62. The maximum absolute atomic E-state index is 13.5. The van der Waals surface area contributed by atoms with Crippen molar-refractivity contribution in [2.45, 2.75) is 13.5 Å². The van der Waals surface area contributed by atoms with Crippen molar-refractivity contribution in [3.05, 3.63) is 46.6 Å². The van der Waals surface area contributed by atoms with E-state index in [0.29, 0.717) is 10.6 Å². The number of nitrogens with zero attached hydrogens (tertiary/aromatic N) is 1. The number of rotatable bonds is 5. The normalized spacial score (nSPS) is 10.3. The van der Waals surface area contributed by atoms with Crippen LogP contribution in [0.1, 0.15) is 23.0 Å². The first kappa shape index (κ1) is 14.4. The summed E-state index contributed by atoms with van der Waals surface area (Å²) in [5, 5.41) is 3.39. The van der Waals surface area contributed by atoms with Gasteiger partial charge in [0.1, 0.15) is 16.6 Å². The van der Waals surface area contributed by atoms with E-state index in [2.05, 4.69) is 10.3 Å². The number of carbonyl (C=O) groups excluding carboxylic acids is 1. The molecule has 4 nitrogen and oxygen atoms in total. The number of hydrogen-bond acceptors (Lipinski definition) is 5. The molecule has 20 heavy (non-hydrogen) atoms. The van der Waals surface area contributed by atoms with E-state index in [-0.39, 0.29) is 18.8 Å². The van der Waals surface area contributed by atoms with E-state index < -0.39 is 17.6 Å². The lowest BCUT2D eigenvalue weighted by Crippen LogP contribution is -2.09. The molecule has 1 heterocycles. The van der Waals surface area contributed by atoms with Crippen molar-refractivity contribution in [1.29, 1.82) is 0 Å². The second-order valence-corrected chi connectivity index (χ2v) is 4.69. The van der Waals surface area contributed by atoms with E-state index in [9.17, 15) is 13.6 Å². The molecule has 0 aliphatic carbocycles. The average Bonchev–Trinajstić information content (AvgIpc) is 2.86. The molecule has 0 radical (unpaired) electrons. The minimum Gasteiger partial charge on any atom is -0.461 e. The fraction of sp³-hybridized carbons (Fsp3) is 0.231. The van der Waals surface area contributed by atoms with Crippen molar-refractivity contribution in [2.75, 3.05) is 11.9 Å². The molecule has 0 aliphatic heterocycles. The molecule has 106 valence electrons. The number of ether oxygens (including phenoxy) is 1. The Morgan fingerprint density at radius 2 is 2.25 bits per heavy atom. The Labute approximate surface area is 118 Å². The van der Waals surface area contributed by atoms with Crippen molar-refractivity contribution in [3.8, 4) is 0 Å². The molecule has 7 heteroatoms. The summed E-state index contributed by atoms with van der Waals surface area (Å²) in [5.41, 5.74) is 1.96. The SMILES string of the molecule is CCOC(=O)c1ncsc1NCc1ccc(F)cc1F. The van der Waals surface area contributed by atoms with Gasteiger partial charge in [-0.05, 0) is 13.0 Å². The summed E-state index contributed by atoms with van der Waals surface area (Å²) in [7, 11) is 0. The Morgan fingerprint density at radius 3 is 2.95 bits per heavy atom. The topological polar surface area (TPSA) is 51.2 Å². The summed E-state index contributed by atoms with van der Waals surface area (Å²) >= 11 is 1.21. The maximum atomic E-state index is 13.5. The summed E-state index contributed by atoms with van der Waals surface area (Å²) in [6.07, 6.45) is 0. The summed E-state index contributed by atoms with van der Waals surface area (Å²) in [6.45, 7) is 2.08. The zero-order valence-electron chi connectivity index (χ0n) is 10.7. The van der Waals surface area contributed by atoms with Crippen LogP contribution in [-0.4, -0.2) is 17.6 Å². The molecule has 0 saturated carbocycles. The first-order valence-electron chi connectivity index (χ1n) is 5.90. The van der Waals surface area contributed by atoms with Gasteiger partial charge in [0.2, 0.25) is 0 Å². The van der Waals surface area contributed by atoms with Crippen LogP contribution >= 0.6 is 11.3 Å². The Bertz CT molecular complexity index is 616. The molecule has 0 bridgehead atoms. The molecule has 0 amide bonds. The molecule has 1 N–H and O–H groups in total. The number of hydrogen-bond donors (Lipinski definition) is 1. The highest BCUT2D eigenvalue weighted by Crippen LogP contribution is 2.22. The largest absolute Gasteiger partial charge is 0.461 e. The number of carbonyl (C=O) groups is 1. The minimum absolute atomic E-state index is 0.126. The fourth-order valence-electron chi connectivity index (χ4n) is 1.56. The molecular formula is C13H12F2N2O2S. The molecule has 1 aromatic carbocycles. The third-order valence-electron chi connectivity index (χ3n) is 2.49. The van der Waals surface area contributed by atoms with Gasteiger partial charge in [-0.1, -0.05) is 6.07 Å². The third kappa shape index (κ3) is 3.30. The predicted molar refractivity (Wildman–Crippen MR) is 71.8 cm³/mol. The minimum atomic E-state index is -0.639. The zero-order chi connectivity index (χ0) is 14.5. The van der Waals surface area contributed by atoms with E-state index >= 15 is 0 Å². The molecule has 2 aromatic rings. The third-order valence-corrected chi connectivity index (χ3v) is 3.27. The van der Waals surface area contributed by atoms with Gasteiger partial charge in [0, 0.05) is 18.2 Å². The predicted octanol–water partition coefficient (Wildman–Crippen LogP) is 3.21. The number of aromatic nitrogens is 1. The number of anilines is 1. The van der Waals surface area contributed by atoms with E-state index in [1.807, 2.05) is 0 Å². The van der Waals surface area contributed by atoms with Crippen LogP contribution in [-0.2, 0) is 11.3 Å². The molecule has 0 fully saturated rings. The molecule has 0 atom stereocenters. The number of nitrogens with one attached hydrogen (secondary N) is 1. The Morgan fingerprint density at radius 1 is 1.45 bits per heavy atom. The van der Waals surface area contributed by atoms with E-state index in [1.54, 1.807) is 6.92 Å². The van der Waals surface area contributed by atoms with Crippen LogP contribution in [0.2, 0.25) is 0 Å². The maximum Gasteiger partial charge on any atom is 0.360 e. The summed E-state index contributed by atoms with van der Waals surface area (Å²) in [6, 6.07) is 3.34. The van der Waals surface area contributed by atoms with Crippen LogP contribution in [0, 0.1) is 11.6 Å². The highest BCUT2D eigenvalue weighted by atomic mass is 32.1. The average molecular weight is 298 g/mol. The number of halogens is 2. The second kappa shape index (κ2) is 6.42. The Balaban J connectivity index is 2.08. The fourth-order valence-corrected chi connectivity index (χ4v) is 2.22. The van der Waals surface area contributed by atoms with Gasteiger partial charge in [0.25, 0.3) is 0 Å². The first-order valence-corrected chi connectivity index (χ1v) is 6.78. The number of benzene rings is 1. The van der Waals surface area contributed by atoms with Crippen molar-refractivity contribution >= 4 is 22.3 Å². The standard InChI is InChI=1S/C13H12F2N2O2S/c1-2-19-13(18)11-12(20-7-17-11)16-6-8-3-4-9(14)5-10(8)15/h3-5,7,16H,2,6H2,1H3. The van der Waals surface area contributed by atoms with E-state index in [1.165, 1.54) is 29.0 Å². The molecule has 2 rings (SSSR count). The molecule has 0 unspecified atom stereocenters. The van der Waals surface area contributed by atoms with Crippen LogP contribution in [0.3, 0.4) is 0 Å². The van der Waals surface area contributed by atoms with Gasteiger partial charge >= 0.3 is 5.97 Å². The lowest BCUT2D eigenvalue weighted by Gasteiger charge is -2.07. The van der Waals surface area contributed by atoms with Crippen molar-refractivity contribution in [2.24, 2.45) is 0 Å². The highest BCUT2D eigenvalue weighted by Gasteiger charge is 2.16. The smallest absolute Gasteiger partial charge is 0.360 e. The van der Waals surface area contributed by atoms with Gasteiger partial charge in [-0.2, -0.15) is 0 Å². The van der Waals surface area contributed by atoms with Crippen LogP contribution in [0.15, 0.2) is 23.7 Å². The van der Waals surface area contributed by atoms with Crippen molar-refractivity contribution in [1.82, 2.24) is 4.98 Å². The summed E-state index contributed by atoms with van der Waals surface area (Å²) in [5.74, 6) is -1.80. The quantitative estimate of drug-likeness (QED) is 0.861. The summed E-state index contributed by atoms with van der Waals surface area (Å²) < 4.78 is 31.1. The van der Waals surface area contributed by atoms with Crippen molar-refractivity contribution in [3.63, 3.8) is 0 Å². The first-order chi connectivity index (χ1) is 9.61. The zero-order valence-corrected chi connectivity index (χ0v) is 11.5. The highest BCUT2D eigenvalue weighted by molar-refractivity contribution is 7.14. The lowest BCUT2D eigenvalue weighted by molar-refractivity contribution is 0.0521. The van der Waals surface area contributed by atoms with Gasteiger partial charge in [0.15, 0.2) is 5.69 Å². The van der Waals surface area contributed by atoms with Crippen molar-refractivity contribution < 1.29 is 18.3 Å². The van der Waals surface area contributed by atoms with Crippen LogP contribution in [0.5, 0.6) is 0 Å². The van der Waals surface area contributed by atoms with Gasteiger partial charge in [-0.3, -0.25) is 0 Å². The molecule has 0 spiro atoms. The molecular weight excluding hydrogens is 286 g/mol. The number of thiazole rings is 1. The molecule has 0 aliphatic rings. The monoisotopic (exact) mass is 298 g/mol. The van der Waals surface area contributed by atoms with Crippen LogP contribution < -0.4 is 5.32 Å². The van der Waals surface area contributed by atoms with Gasteiger partial charge in [0.05, 0.1) is 12.1 Å². The van der Waals surface area contributed by atoms with Gasteiger partial charge < -0.3 is 10.1 Å². The van der Waals surface area contributed by atoms with Crippen LogP contribution in [0.4, 0.5) is 13.8 Å².